The van der Waals surface area contributed by atoms with Crippen LogP contribution < -0.4 is 4.90 Å². The molecule has 0 spiro atoms. The summed E-state index contributed by atoms with van der Waals surface area (Å²) >= 11 is 0. The van der Waals surface area contributed by atoms with Crippen molar-refractivity contribution in [2.24, 2.45) is 11.3 Å². The van der Waals surface area contributed by atoms with Crippen LogP contribution in [0.25, 0.3) is 0 Å². The minimum atomic E-state index is -0.779. The Morgan fingerprint density at radius 2 is 1.78 bits per heavy atom. The Morgan fingerprint density at radius 1 is 1.09 bits per heavy atom. The molecule has 0 unspecified atom stereocenters. The number of anilines is 1. The summed E-state index contributed by atoms with van der Waals surface area (Å²) in [6, 6.07) is 9.58. The van der Waals surface area contributed by atoms with Crippen molar-refractivity contribution in [2.45, 2.75) is 45.8 Å². The number of fused-ring (bicyclic) bond motifs is 2. The van der Waals surface area contributed by atoms with Gasteiger partial charge in [0.2, 0.25) is 5.91 Å². The highest BCUT2D eigenvalue weighted by Gasteiger charge is 2.61. The monoisotopic (exact) mass is 311 g/mol. The number of amides is 1. The van der Waals surface area contributed by atoms with E-state index in [1.165, 1.54) is 0 Å². The minimum Gasteiger partial charge on any atom is -0.471 e. The average Bonchev–Trinajstić information content (AvgIpc) is 2.84. The number of carbonyl (C=O) groups excluding carboxylic acids is 2. The van der Waals surface area contributed by atoms with Crippen LogP contribution in [0, 0.1) is 11.3 Å². The zero-order valence-electron chi connectivity index (χ0n) is 13.8. The van der Waals surface area contributed by atoms with Crippen molar-refractivity contribution in [3.8, 4) is 0 Å². The molecule has 1 aromatic carbocycles. The molecule has 120 valence electrons. The molecular weight excluding hydrogens is 290 g/mol. The molecule has 2 aliphatic heterocycles. The Hall–Kier alpha value is -2.10. The number of hydrogen-bond acceptors (Lipinski definition) is 3. The van der Waals surface area contributed by atoms with E-state index in [9.17, 15) is 9.59 Å². The predicted molar refractivity (Wildman–Crippen MR) is 86.6 cm³/mol. The number of carbonyl (C=O) groups is 2. The van der Waals surface area contributed by atoms with Crippen molar-refractivity contribution in [1.82, 2.24) is 0 Å². The van der Waals surface area contributed by atoms with Gasteiger partial charge in [-0.3, -0.25) is 14.5 Å². The largest absolute Gasteiger partial charge is 0.471 e. The van der Waals surface area contributed by atoms with Crippen LogP contribution in [-0.2, 0) is 14.3 Å². The average molecular weight is 311 g/mol. The molecule has 3 aliphatic rings. The molecule has 0 saturated carbocycles. The van der Waals surface area contributed by atoms with Crippen molar-refractivity contribution >= 4 is 17.4 Å². The molecule has 4 rings (SSSR count). The van der Waals surface area contributed by atoms with E-state index < -0.39 is 5.72 Å². The number of hydrogen-bond donors (Lipinski definition) is 0. The molecule has 0 aromatic heterocycles. The summed E-state index contributed by atoms with van der Waals surface area (Å²) < 4.78 is 6.28. The van der Waals surface area contributed by atoms with E-state index in [1.54, 1.807) is 4.90 Å². The molecule has 23 heavy (non-hydrogen) atoms. The number of para-hydroxylation sites is 1. The Kier molecular flexibility index (Phi) is 2.81. The molecule has 0 N–H and O–H groups in total. The molecule has 0 radical (unpaired) electrons. The van der Waals surface area contributed by atoms with Crippen LogP contribution in [0.2, 0.25) is 0 Å². The first-order valence-electron chi connectivity index (χ1n) is 8.15. The molecule has 0 bridgehead atoms. The maximum atomic E-state index is 12.7. The van der Waals surface area contributed by atoms with Crippen molar-refractivity contribution in [2.75, 3.05) is 4.90 Å². The van der Waals surface area contributed by atoms with Gasteiger partial charge < -0.3 is 4.74 Å². The molecule has 1 aromatic rings. The van der Waals surface area contributed by atoms with Crippen molar-refractivity contribution in [3.05, 3.63) is 41.7 Å². The highest BCUT2D eigenvalue weighted by molar-refractivity contribution is 6.04. The second-order valence-corrected chi connectivity index (χ2v) is 7.76. The van der Waals surface area contributed by atoms with Gasteiger partial charge in [0, 0.05) is 30.5 Å². The summed E-state index contributed by atoms with van der Waals surface area (Å²) in [7, 11) is 0. The van der Waals surface area contributed by atoms with Crippen LogP contribution in [0.4, 0.5) is 5.69 Å². The van der Waals surface area contributed by atoms with Crippen LogP contribution in [0.15, 0.2) is 41.7 Å². The van der Waals surface area contributed by atoms with Gasteiger partial charge in [-0.2, -0.15) is 0 Å². The van der Waals surface area contributed by atoms with Crippen molar-refractivity contribution < 1.29 is 14.3 Å². The predicted octanol–water partition coefficient (Wildman–Crippen LogP) is 3.43. The van der Waals surface area contributed by atoms with Crippen molar-refractivity contribution in [3.63, 3.8) is 0 Å². The number of Topliss-reactive ketones (excluding diaryl/α,β-unsaturated/α-hetero) is 1. The SMILES string of the molecule is CC1(C)CC(=O)C2=C(C1)O[C@]1(C)[C@H]2CC(=O)N1c1ccccc1. The number of ether oxygens (including phenoxy) is 1. The third-order valence-corrected chi connectivity index (χ3v) is 5.29. The van der Waals surface area contributed by atoms with E-state index in [2.05, 4.69) is 13.8 Å². The summed E-state index contributed by atoms with van der Waals surface area (Å²) in [4.78, 5) is 27.0. The lowest BCUT2D eigenvalue weighted by Crippen LogP contribution is -2.47. The smallest absolute Gasteiger partial charge is 0.231 e. The normalized spacial score (nSPS) is 32.0. The van der Waals surface area contributed by atoms with Crippen LogP contribution in [0.5, 0.6) is 0 Å². The lowest BCUT2D eigenvalue weighted by molar-refractivity contribution is -0.119. The van der Waals surface area contributed by atoms with Gasteiger partial charge >= 0.3 is 0 Å². The van der Waals surface area contributed by atoms with E-state index in [1.807, 2.05) is 37.3 Å². The van der Waals surface area contributed by atoms with E-state index in [0.717, 1.165) is 23.4 Å². The van der Waals surface area contributed by atoms with E-state index in [4.69, 9.17) is 4.74 Å². The van der Waals surface area contributed by atoms with Gasteiger partial charge in [-0.1, -0.05) is 32.0 Å². The fourth-order valence-electron chi connectivity index (χ4n) is 4.33. The first-order chi connectivity index (χ1) is 10.8. The molecular formula is C19H21NO3. The van der Waals surface area contributed by atoms with Gasteiger partial charge in [0.05, 0.1) is 5.92 Å². The number of ketones is 1. The molecule has 4 heteroatoms. The summed E-state index contributed by atoms with van der Waals surface area (Å²) in [6.07, 6.45) is 1.63. The Morgan fingerprint density at radius 3 is 2.48 bits per heavy atom. The zero-order valence-corrected chi connectivity index (χ0v) is 13.8. The topological polar surface area (TPSA) is 46.6 Å². The quantitative estimate of drug-likeness (QED) is 0.798. The molecule has 1 saturated heterocycles. The van der Waals surface area contributed by atoms with Gasteiger partial charge in [0.15, 0.2) is 11.5 Å². The third kappa shape index (κ3) is 1.97. The Balaban J connectivity index is 1.77. The highest BCUT2D eigenvalue weighted by Crippen LogP contribution is 2.55. The van der Waals surface area contributed by atoms with Crippen LogP contribution in [-0.4, -0.2) is 17.4 Å². The first kappa shape index (κ1) is 14.5. The molecule has 2 atom stereocenters. The zero-order chi connectivity index (χ0) is 16.4. The van der Waals surface area contributed by atoms with Crippen LogP contribution >= 0.6 is 0 Å². The fourth-order valence-corrected chi connectivity index (χ4v) is 4.33. The van der Waals surface area contributed by atoms with E-state index >= 15 is 0 Å². The number of allylic oxidation sites excluding steroid dienone is 1. The molecule has 2 heterocycles. The molecule has 1 amide bonds. The Bertz CT molecular complexity index is 734. The van der Waals surface area contributed by atoms with Gasteiger partial charge in [-0.15, -0.1) is 0 Å². The van der Waals surface area contributed by atoms with Crippen molar-refractivity contribution in [1.29, 1.82) is 0 Å². The summed E-state index contributed by atoms with van der Waals surface area (Å²) in [5.41, 5.74) is 0.735. The number of benzene rings is 1. The van der Waals surface area contributed by atoms with Gasteiger partial charge in [0.1, 0.15) is 5.76 Å². The lowest BCUT2D eigenvalue weighted by atomic mass is 9.73. The maximum Gasteiger partial charge on any atom is 0.231 e. The third-order valence-electron chi connectivity index (χ3n) is 5.29. The second kappa shape index (κ2) is 4.47. The summed E-state index contributed by atoms with van der Waals surface area (Å²) in [5, 5.41) is 0. The molecule has 1 aliphatic carbocycles. The van der Waals surface area contributed by atoms with Crippen LogP contribution in [0.3, 0.4) is 0 Å². The number of rotatable bonds is 1. The maximum absolute atomic E-state index is 12.7. The van der Waals surface area contributed by atoms with E-state index in [-0.39, 0.29) is 23.0 Å². The summed E-state index contributed by atoms with van der Waals surface area (Å²) in [5.74, 6) is 0.807. The second-order valence-electron chi connectivity index (χ2n) is 7.76. The standard InChI is InChI=1S/C19H21NO3/c1-18(2)10-14(21)17-13-9-16(22)20(12-7-5-4-6-8-12)19(13,3)23-15(17)11-18/h4-8,13H,9-11H2,1-3H3/t13-,19+/m0/s1. The van der Waals surface area contributed by atoms with Gasteiger partial charge in [-0.25, -0.2) is 0 Å². The molecule has 4 nitrogen and oxygen atoms in total. The number of nitrogens with zero attached hydrogens (tertiary/aromatic N) is 1. The minimum absolute atomic E-state index is 0.0212. The van der Waals surface area contributed by atoms with E-state index in [0.29, 0.717) is 12.8 Å². The highest BCUT2D eigenvalue weighted by atomic mass is 16.5. The summed E-state index contributed by atoms with van der Waals surface area (Å²) in [6.45, 7) is 6.12. The van der Waals surface area contributed by atoms with Gasteiger partial charge in [-0.05, 0) is 24.5 Å². The van der Waals surface area contributed by atoms with Crippen LogP contribution in [0.1, 0.15) is 40.0 Å². The Labute approximate surface area is 136 Å². The fraction of sp³-hybridized carbons (Fsp3) is 0.474. The lowest BCUT2D eigenvalue weighted by Gasteiger charge is -2.35. The van der Waals surface area contributed by atoms with Gasteiger partial charge in [0.25, 0.3) is 0 Å². The first-order valence-corrected chi connectivity index (χ1v) is 8.15. The molecule has 1 fully saturated rings.